The Hall–Kier alpha value is -3.78. The van der Waals surface area contributed by atoms with Gasteiger partial charge in [0.1, 0.15) is 17.6 Å². The first kappa shape index (κ1) is 25.3. The normalized spacial score (nSPS) is 11.6. The summed E-state index contributed by atoms with van der Waals surface area (Å²) in [5, 5.41) is 3.64. The maximum atomic E-state index is 12.6. The van der Waals surface area contributed by atoms with Crippen LogP contribution in [0.2, 0.25) is 0 Å². The van der Waals surface area contributed by atoms with Gasteiger partial charge in [0.2, 0.25) is 0 Å². The number of aromatic nitrogens is 1. The Balaban J connectivity index is 1.54. The summed E-state index contributed by atoms with van der Waals surface area (Å²) in [5.74, 6) is 2.48. The predicted molar refractivity (Wildman–Crippen MR) is 143 cm³/mol. The van der Waals surface area contributed by atoms with Crippen LogP contribution in [-0.2, 0) is 4.74 Å². The molecule has 1 aromatic heterocycles. The van der Waals surface area contributed by atoms with Crippen molar-refractivity contribution in [1.82, 2.24) is 4.98 Å². The topological polar surface area (TPSA) is 78.9 Å². The first-order valence-electron chi connectivity index (χ1n) is 11.3. The molecule has 8 heteroatoms. The summed E-state index contributed by atoms with van der Waals surface area (Å²) >= 11 is 3.50. The number of hydrogen-bond donors (Lipinski definition) is 1. The van der Waals surface area contributed by atoms with Crippen molar-refractivity contribution in [1.29, 1.82) is 0 Å². The Morgan fingerprint density at radius 3 is 2.36 bits per heavy atom. The van der Waals surface area contributed by atoms with Gasteiger partial charge in [-0.3, -0.25) is 10.3 Å². The zero-order valence-corrected chi connectivity index (χ0v) is 22.3. The molecule has 0 saturated heterocycles. The van der Waals surface area contributed by atoms with Crippen LogP contribution >= 0.6 is 15.9 Å². The summed E-state index contributed by atoms with van der Waals surface area (Å²) in [4.78, 5) is 17.0. The molecule has 3 aromatic carbocycles. The van der Waals surface area contributed by atoms with Crippen molar-refractivity contribution in [2.24, 2.45) is 0 Å². The molecule has 0 aliphatic carbocycles. The van der Waals surface area contributed by atoms with E-state index in [1.54, 1.807) is 32.5 Å². The summed E-state index contributed by atoms with van der Waals surface area (Å²) in [6, 6.07) is 16.7. The van der Waals surface area contributed by atoms with Gasteiger partial charge < -0.3 is 18.9 Å². The molecule has 4 rings (SSSR count). The molecule has 1 N–H and O–H groups in total. The summed E-state index contributed by atoms with van der Waals surface area (Å²) in [5.41, 5.74) is 4.02. The van der Waals surface area contributed by atoms with Gasteiger partial charge in [-0.15, -0.1) is 0 Å². The van der Waals surface area contributed by atoms with Gasteiger partial charge in [-0.2, -0.15) is 0 Å². The summed E-state index contributed by atoms with van der Waals surface area (Å²) < 4.78 is 23.6. The van der Waals surface area contributed by atoms with E-state index in [1.807, 2.05) is 63.2 Å². The molecule has 0 bridgehead atoms. The molecule has 36 heavy (non-hydrogen) atoms. The third-order valence-corrected chi connectivity index (χ3v) is 6.75. The number of nitrogens with one attached hydrogen (secondary N) is 1. The van der Waals surface area contributed by atoms with Crippen molar-refractivity contribution in [3.8, 4) is 23.0 Å². The molecule has 186 valence electrons. The maximum Gasteiger partial charge on any atom is 0.412 e. The van der Waals surface area contributed by atoms with Crippen LogP contribution in [-0.4, -0.2) is 25.3 Å². The molecule has 1 unspecified atom stereocenters. The number of hydrogen-bond acceptors (Lipinski definition) is 6. The number of carbonyl (C=O) groups excluding carboxylic acids is 1. The van der Waals surface area contributed by atoms with Crippen LogP contribution in [0.15, 0.2) is 65.3 Å². The number of halogens is 1. The van der Waals surface area contributed by atoms with E-state index >= 15 is 0 Å². The number of fused-ring (bicyclic) bond motifs is 1. The molecular formula is C28H27BrN2O5. The second-order valence-corrected chi connectivity index (χ2v) is 9.05. The maximum absolute atomic E-state index is 12.6. The van der Waals surface area contributed by atoms with Crippen molar-refractivity contribution >= 4 is 38.6 Å². The molecule has 0 fully saturated rings. The van der Waals surface area contributed by atoms with E-state index in [1.165, 1.54) is 0 Å². The van der Waals surface area contributed by atoms with E-state index in [-0.39, 0.29) is 0 Å². The Morgan fingerprint density at radius 1 is 0.917 bits per heavy atom. The monoisotopic (exact) mass is 550 g/mol. The molecule has 1 heterocycles. The van der Waals surface area contributed by atoms with Crippen molar-refractivity contribution in [3.05, 3.63) is 82.0 Å². The van der Waals surface area contributed by atoms with E-state index in [4.69, 9.17) is 18.9 Å². The van der Waals surface area contributed by atoms with Crippen LogP contribution in [0.25, 0.3) is 10.9 Å². The van der Waals surface area contributed by atoms with Gasteiger partial charge in [0.15, 0.2) is 11.5 Å². The quantitative estimate of drug-likeness (QED) is 0.253. The Labute approximate surface area is 218 Å². The third-order valence-electron chi connectivity index (χ3n) is 6.03. The second-order valence-electron chi connectivity index (χ2n) is 8.19. The number of pyridine rings is 1. The van der Waals surface area contributed by atoms with Gasteiger partial charge in [0.05, 0.1) is 19.7 Å². The molecule has 7 nitrogen and oxygen atoms in total. The first-order valence-corrected chi connectivity index (χ1v) is 12.1. The fourth-order valence-electron chi connectivity index (χ4n) is 3.86. The highest BCUT2D eigenvalue weighted by Gasteiger charge is 2.17. The molecule has 4 aromatic rings. The standard InChI is InChI=1S/C28H27BrN2O5/c1-16-17(2)24(36-25-12-13-30-23-15-27(34-5)26(33-4)14-20(23)25)11-10-22(16)31-28(32)35-18(3)19-8-6-7-9-21(19)29/h6-15,18H,1-5H3,(H,31,32). The lowest BCUT2D eigenvalue weighted by Crippen LogP contribution is -2.17. The van der Waals surface area contributed by atoms with Crippen LogP contribution in [0.4, 0.5) is 10.5 Å². The smallest absolute Gasteiger partial charge is 0.412 e. The number of nitrogens with zero attached hydrogens (tertiary/aromatic N) is 1. The average Bonchev–Trinajstić information content (AvgIpc) is 2.87. The molecule has 0 saturated carbocycles. The van der Waals surface area contributed by atoms with Crippen LogP contribution in [0.3, 0.4) is 0 Å². The molecule has 1 atom stereocenters. The number of methoxy groups -OCH3 is 2. The van der Waals surface area contributed by atoms with E-state index in [9.17, 15) is 4.79 Å². The lowest BCUT2D eigenvalue weighted by atomic mass is 10.1. The van der Waals surface area contributed by atoms with Gasteiger partial charge in [-0.05, 0) is 62.2 Å². The second kappa shape index (κ2) is 10.9. The van der Waals surface area contributed by atoms with E-state index in [0.29, 0.717) is 28.7 Å². The largest absolute Gasteiger partial charge is 0.493 e. The SMILES string of the molecule is COc1cc2nccc(Oc3ccc(NC(=O)OC(C)c4ccccc4Br)c(C)c3C)c2cc1OC. The average molecular weight is 551 g/mol. The van der Waals surface area contributed by atoms with Crippen molar-refractivity contribution < 1.29 is 23.7 Å². The van der Waals surface area contributed by atoms with Gasteiger partial charge in [0, 0.05) is 33.4 Å². The van der Waals surface area contributed by atoms with E-state index in [2.05, 4.69) is 26.2 Å². The lowest BCUT2D eigenvalue weighted by molar-refractivity contribution is 0.121. The summed E-state index contributed by atoms with van der Waals surface area (Å²) in [7, 11) is 3.17. The van der Waals surface area contributed by atoms with Crippen LogP contribution in [0, 0.1) is 13.8 Å². The summed E-state index contributed by atoms with van der Waals surface area (Å²) in [6.07, 6.45) is 0.736. The third kappa shape index (κ3) is 5.23. The van der Waals surface area contributed by atoms with Gasteiger partial charge in [-0.25, -0.2) is 4.79 Å². The number of rotatable bonds is 7. The minimum Gasteiger partial charge on any atom is -0.493 e. The fourth-order valence-corrected chi connectivity index (χ4v) is 4.47. The van der Waals surface area contributed by atoms with Crippen LogP contribution in [0.1, 0.15) is 29.7 Å². The number of anilines is 1. The molecule has 0 radical (unpaired) electrons. The fraction of sp³-hybridized carbons (Fsp3) is 0.214. The minimum atomic E-state index is -0.532. The van der Waals surface area contributed by atoms with Crippen molar-refractivity contribution in [2.75, 3.05) is 19.5 Å². The van der Waals surface area contributed by atoms with Crippen molar-refractivity contribution in [2.45, 2.75) is 26.9 Å². The molecule has 0 aliphatic rings. The van der Waals surface area contributed by atoms with Gasteiger partial charge >= 0.3 is 6.09 Å². The predicted octanol–water partition coefficient (Wildman–Crippen LogP) is 7.73. The van der Waals surface area contributed by atoms with Gasteiger partial charge in [-0.1, -0.05) is 34.1 Å². The highest BCUT2D eigenvalue weighted by Crippen LogP contribution is 2.38. The zero-order valence-electron chi connectivity index (χ0n) is 20.7. The highest BCUT2D eigenvalue weighted by atomic mass is 79.9. The Bertz CT molecular complexity index is 1420. The minimum absolute atomic E-state index is 0.417. The van der Waals surface area contributed by atoms with E-state index in [0.717, 1.165) is 32.1 Å². The van der Waals surface area contributed by atoms with E-state index < -0.39 is 12.2 Å². The number of benzene rings is 3. The summed E-state index contributed by atoms with van der Waals surface area (Å²) in [6.45, 7) is 5.70. The van der Waals surface area contributed by atoms with Crippen molar-refractivity contribution in [3.63, 3.8) is 0 Å². The highest BCUT2D eigenvalue weighted by molar-refractivity contribution is 9.10. The van der Waals surface area contributed by atoms with Gasteiger partial charge in [0.25, 0.3) is 0 Å². The molecular weight excluding hydrogens is 524 g/mol. The molecule has 1 amide bonds. The number of amides is 1. The number of carbonyl (C=O) groups is 1. The van der Waals surface area contributed by atoms with Crippen LogP contribution in [0.5, 0.6) is 23.0 Å². The number of ether oxygens (including phenoxy) is 4. The first-order chi connectivity index (χ1) is 17.3. The molecule has 0 spiro atoms. The van der Waals surface area contributed by atoms with Crippen LogP contribution < -0.4 is 19.5 Å². The lowest BCUT2D eigenvalue weighted by Gasteiger charge is -2.18. The zero-order chi connectivity index (χ0) is 25.8. The molecule has 0 aliphatic heterocycles. The Morgan fingerprint density at radius 2 is 1.64 bits per heavy atom. The Kier molecular flexibility index (Phi) is 7.64.